The summed E-state index contributed by atoms with van der Waals surface area (Å²) in [6.07, 6.45) is 1.71. The smallest absolute Gasteiger partial charge is 0.171 e. The number of nitrogens with one attached hydrogen (secondary N) is 2. The van der Waals surface area contributed by atoms with E-state index in [1.807, 2.05) is 63.2 Å². The minimum atomic E-state index is -0.00455. The number of hydrogen-bond acceptors (Lipinski definition) is 4. The Morgan fingerprint density at radius 1 is 1.07 bits per heavy atom. The average Bonchev–Trinajstić information content (AvgIpc) is 2.68. The largest absolute Gasteiger partial charge is 0.490 e. The molecular formula is C22H28N2O3S. The first-order valence-electron chi connectivity index (χ1n) is 9.38. The summed E-state index contributed by atoms with van der Waals surface area (Å²) in [7, 11) is 0. The lowest BCUT2D eigenvalue weighted by atomic mass is 10.1. The molecular weight excluding hydrogens is 372 g/mol. The summed E-state index contributed by atoms with van der Waals surface area (Å²) in [5, 5.41) is 7.01. The molecule has 0 spiro atoms. The maximum atomic E-state index is 5.70. The zero-order valence-electron chi connectivity index (χ0n) is 16.7. The fourth-order valence-corrected chi connectivity index (χ4v) is 2.90. The number of hydrogen-bond donors (Lipinski definition) is 2. The summed E-state index contributed by atoms with van der Waals surface area (Å²) in [6, 6.07) is 13.6. The number of benzene rings is 2. The van der Waals surface area contributed by atoms with Crippen molar-refractivity contribution in [1.29, 1.82) is 0 Å². The quantitative estimate of drug-likeness (QED) is 0.428. The van der Waals surface area contributed by atoms with Crippen LogP contribution in [0.5, 0.6) is 17.2 Å². The van der Waals surface area contributed by atoms with E-state index in [0.29, 0.717) is 24.9 Å². The molecule has 0 bridgehead atoms. The summed E-state index contributed by atoms with van der Waals surface area (Å²) in [5.74, 6) is 2.24. The number of rotatable bonds is 10. The van der Waals surface area contributed by atoms with E-state index in [4.69, 9.17) is 26.4 Å². The zero-order chi connectivity index (χ0) is 20.4. The molecule has 2 aromatic rings. The molecule has 6 heteroatoms. The lowest BCUT2D eigenvalue weighted by Crippen LogP contribution is -2.30. The average molecular weight is 401 g/mol. The Bertz CT molecular complexity index is 795. The lowest BCUT2D eigenvalue weighted by molar-refractivity contribution is 0.287. The van der Waals surface area contributed by atoms with Crippen molar-refractivity contribution in [3.05, 3.63) is 60.7 Å². The molecule has 1 unspecified atom stereocenters. The highest BCUT2D eigenvalue weighted by molar-refractivity contribution is 7.80. The van der Waals surface area contributed by atoms with Crippen molar-refractivity contribution in [2.24, 2.45) is 0 Å². The van der Waals surface area contributed by atoms with Crippen molar-refractivity contribution in [3.8, 4) is 17.2 Å². The van der Waals surface area contributed by atoms with Gasteiger partial charge in [0.05, 0.1) is 19.3 Å². The zero-order valence-corrected chi connectivity index (χ0v) is 17.5. The summed E-state index contributed by atoms with van der Waals surface area (Å²) in [6.45, 7) is 11.2. The van der Waals surface area contributed by atoms with Crippen LogP contribution >= 0.6 is 12.2 Å². The topological polar surface area (TPSA) is 51.8 Å². The summed E-state index contributed by atoms with van der Waals surface area (Å²) in [4.78, 5) is 0. The predicted molar refractivity (Wildman–Crippen MR) is 119 cm³/mol. The van der Waals surface area contributed by atoms with E-state index in [1.54, 1.807) is 6.08 Å². The second kappa shape index (κ2) is 11.2. The van der Waals surface area contributed by atoms with Gasteiger partial charge in [0.2, 0.25) is 0 Å². The van der Waals surface area contributed by atoms with Crippen LogP contribution in [0, 0.1) is 0 Å². The van der Waals surface area contributed by atoms with Crippen LogP contribution in [0.1, 0.15) is 32.4 Å². The normalized spacial score (nSPS) is 11.2. The second-order valence-electron chi connectivity index (χ2n) is 6.02. The molecule has 1 atom stereocenters. The van der Waals surface area contributed by atoms with Crippen LogP contribution < -0.4 is 24.8 Å². The first-order chi connectivity index (χ1) is 13.6. The highest BCUT2D eigenvalue weighted by atomic mass is 32.1. The Hall–Kier alpha value is -2.73. The molecule has 0 saturated carbocycles. The number of thiocarbonyl (C=S) groups is 1. The summed E-state index contributed by atoms with van der Waals surface area (Å²) < 4.78 is 16.9. The molecule has 2 aromatic carbocycles. The van der Waals surface area contributed by atoms with E-state index in [0.717, 1.165) is 28.5 Å². The Balaban J connectivity index is 2.01. The van der Waals surface area contributed by atoms with Gasteiger partial charge in [-0.1, -0.05) is 24.8 Å². The van der Waals surface area contributed by atoms with Gasteiger partial charge in [0, 0.05) is 11.8 Å². The second-order valence-corrected chi connectivity index (χ2v) is 6.43. The SMILES string of the molecule is C=CCOc1cccc(NC(=S)NC(C)c2ccc(OCC)c(OCC)c2)c1. The highest BCUT2D eigenvalue weighted by Gasteiger charge is 2.12. The summed E-state index contributed by atoms with van der Waals surface area (Å²) >= 11 is 5.46. The van der Waals surface area contributed by atoms with E-state index in [2.05, 4.69) is 17.2 Å². The van der Waals surface area contributed by atoms with Crippen molar-refractivity contribution in [2.45, 2.75) is 26.8 Å². The minimum Gasteiger partial charge on any atom is -0.490 e. The maximum absolute atomic E-state index is 5.70. The van der Waals surface area contributed by atoms with Crippen LogP contribution in [-0.4, -0.2) is 24.9 Å². The number of ether oxygens (including phenoxy) is 3. The Morgan fingerprint density at radius 2 is 1.82 bits per heavy atom. The third-order valence-electron chi connectivity index (χ3n) is 3.87. The predicted octanol–water partition coefficient (Wildman–Crippen LogP) is 5.10. The van der Waals surface area contributed by atoms with Crippen LogP contribution in [0.15, 0.2) is 55.1 Å². The molecule has 0 aliphatic carbocycles. The van der Waals surface area contributed by atoms with Gasteiger partial charge in [-0.2, -0.15) is 0 Å². The molecule has 0 heterocycles. The van der Waals surface area contributed by atoms with Gasteiger partial charge in [-0.25, -0.2) is 0 Å². The van der Waals surface area contributed by atoms with Crippen molar-refractivity contribution < 1.29 is 14.2 Å². The van der Waals surface area contributed by atoms with E-state index in [1.165, 1.54) is 0 Å². The fourth-order valence-electron chi connectivity index (χ4n) is 2.60. The van der Waals surface area contributed by atoms with Crippen molar-refractivity contribution in [2.75, 3.05) is 25.1 Å². The minimum absolute atomic E-state index is 0.00455. The standard InChI is InChI=1S/C22H28N2O3S/c1-5-13-27-19-10-8-9-18(15-19)24-22(28)23-16(4)17-11-12-20(25-6-2)21(14-17)26-7-3/h5,8-12,14-16H,1,6-7,13H2,2-4H3,(H2,23,24,28). The first kappa shape index (κ1) is 21.6. The van der Waals surface area contributed by atoms with E-state index >= 15 is 0 Å². The molecule has 0 amide bonds. The first-order valence-corrected chi connectivity index (χ1v) is 9.79. The van der Waals surface area contributed by atoms with Crippen molar-refractivity contribution in [1.82, 2.24) is 5.32 Å². The Labute approximate surface area is 172 Å². The fraction of sp³-hybridized carbons (Fsp3) is 0.318. The number of anilines is 1. The van der Waals surface area contributed by atoms with Gasteiger partial charge in [-0.3, -0.25) is 0 Å². The van der Waals surface area contributed by atoms with Gasteiger partial charge < -0.3 is 24.8 Å². The van der Waals surface area contributed by atoms with Crippen LogP contribution in [0.3, 0.4) is 0 Å². The monoisotopic (exact) mass is 400 g/mol. The molecule has 150 valence electrons. The molecule has 2 N–H and O–H groups in total. The molecule has 5 nitrogen and oxygen atoms in total. The van der Waals surface area contributed by atoms with E-state index in [9.17, 15) is 0 Å². The van der Waals surface area contributed by atoms with Crippen LogP contribution in [0.4, 0.5) is 5.69 Å². The third-order valence-corrected chi connectivity index (χ3v) is 4.09. The molecule has 2 rings (SSSR count). The Kier molecular flexibility index (Phi) is 8.62. The van der Waals surface area contributed by atoms with Crippen LogP contribution in [0.2, 0.25) is 0 Å². The highest BCUT2D eigenvalue weighted by Crippen LogP contribution is 2.30. The molecule has 0 fully saturated rings. The van der Waals surface area contributed by atoms with Crippen molar-refractivity contribution in [3.63, 3.8) is 0 Å². The molecule has 0 aliphatic heterocycles. The van der Waals surface area contributed by atoms with E-state index < -0.39 is 0 Å². The molecule has 28 heavy (non-hydrogen) atoms. The lowest BCUT2D eigenvalue weighted by Gasteiger charge is -2.19. The van der Waals surface area contributed by atoms with Gasteiger partial charge in [-0.05, 0) is 62.8 Å². The molecule has 0 saturated heterocycles. The van der Waals surface area contributed by atoms with Gasteiger partial charge in [0.1, 0.15) is 12.4 Å². The van der Waals surface area contributed by atoms with Gasteiger partial charge >= 0.3 is 0 Å². The third kappa shape index (κ3) is 6.46. The maximum Gasteiger partial charge on any atom is 0.171 e. The van der Waals surface area contributed by atoms with Crippen LogP contribution in [0.25, 0.3) is 0 Å². The molecule has 0 radical (unpaired) electrons. The molecule has 0 aliphatic rings. The van der Waals surface area contributed by atoms with Crippen molar-refractivity contribution >= 4 is 23.0 Å². The van der Waals surface area contributed by atoms with Crippen LogP contribution in [-0.2, 0) is 0 Å². The van der Waals surface area contributed by atoms with Gasteiger partial charge in [0.25, 0.3) is 0 Å². The van der Waals surface area contributed by atoms with Gasteiger partial charge in [0.15, 0.2) is 16.6 Å². The van der Waals surface area contributed by atoms with E-state index in [-0.39, 0.29) is 6.04 Å². The summed E-state index contributed by atoms with van der Waals surface area (Å²) in [5.41, 5.74) is 1.91. The Morgan fingerprint density at radius 3 is 2.54 bits per heavy atom. The van der Waals surface area contributed by atoms with Gasteiger partial charge in [-0.15, -0.1) is 0 Å². The molecule has 0 aromatic heterocycles.